The molecule has 26 heavy (non-hydrogen) atoms. The number of hydrogen-bond donors (Lipinski definition) is 1. The number of aromatic nitrogens is 1. The molecular formula is C20H15N3O2S. The van der Waals surface area contributed by atoms with Crippen molar-refractivity contribution in [3.05, 3.63) is 64.6 Å². The molecule has 0 amide bonds. The van der Waals surface area contributed by atoms with Crippen LogP contribution in [0.4, 0.5) is 5.69 Å². The molecule has 0 atom stereocenters. The number of fused-ring (bicyclic) bond motifs is 1. The average Bonchev–Trinajstić information content (AvgIpc) is 3.32. The molecule has 6 heteroatoms. The Morgan fingerprint density at radius 3 is 2.92 bits per heavy atom. The van der Waals surface area contributed by atoms with Gasteiger partial charge in [-0.25, -0.2) is 4.98 Å². The van der Waals surface area contributed by atoms with Crippen molar-refractivity contribution >= 4 is 22.6 Å². The van der Waals surface area contributed by atoms with Gasteiger partial charge in [-0.3, -0.25) is 0 Å². The maximum Gasteiger partial charge on any atom is 0.231 e. The highest BCUT2D eigenvalue weighted by atomic mass is 32.1. The van der Waals surface area contributed by atoms with Gasteiger partial charge in [-0.2, -0.15) is 5.26 Å². The SMILES string of the molecule is Cc1ccccc1N/C=C(\C#N)c1nc(-c2ccc3c(c2)OCO3)cs1. The molecule has 1 aromatic heterocycles. The summed E-state index contributed by atoms with van der Waals surface area (Å²) in [6.07, 6.45) is 1.70. The maximum atomic E-state index is 9.51. The molecule has 3 aromatic rings. The monoisotopic (exact) mass is 361 g/mol. The maximum absolute atomic E-state index is 9.51. The van der Waals surface area contributed by atoms with Gasteiger partial charge < -0.3 is 14.8 Å². The van der Waals surface area contributed by atoms with Gasteiger partial charge in [-0.15, -0.1) is 11.3 Å². The lowest BCUT2D eigenvalue weighted by Gasteiger charge is -2.04. The highest BCUT2D eigenvalue weighted by Crippen LogP contribution is 2.36. The Balaban J connectivity index is 1.59. The zero-order valence-electron chi connectivity index (χ0n) is 14.0. The minimum absolute atomic E-state index is 0.243. The smallest absolute Gasteiger partial charge is 0.231 e. The number of nitrogens with zero attached hydrogens (tertiary/aromatic N) is 2. The molecule has 0 unspecified atom stereocenters. The van der Waals surface area contributed by atoms with Crippen LogP contribution in [0.5, 0.6) is 11.5 Å². The lowest BCUT2D eigenvalue weighted by molar-refractivity contribution is 0.174. The number of para-hydroxylation sites is 1. The fourth-order valence-electron chi connectivity index (χ4n) is 2.61. The molecule has 0 saturated heterocycles. The molecule has 0 aliphatic carbocycles. The lowest BCUT2D eigenvalue weighted by Crippen LogP contribution is -1.93. The molecule has 128 valence electrons. The van der Waals surface area contributed by atoms with E-state index < -0.39 is 0 Å². The van der Waals surface area contributed by atoms with Crippen LogP contribution in [0.2, 0.25) is 0 Å². The Morgan fingerprint density at radius 2 is 2.08 bits per heavy atom. The molecule has 2 heterocycles. The summed E-state index contributed by atoms with van der Waals surface area (Å²) in [5, 5.41) is 15.3. The van der Waals surface area contributed by atoms with E-state index in [2.05, 4.69) is 16.4 Å². The molecule has 2 aromatic carbocycles. The van der Waals surface area contributed by atoms with Gasteiger partial charge in [0, 0.05) is 22.8 Å². The van der Waals surface area contributed by atoms with E-state index in [0.29, 0.717) is 16.3 Å². The minimum atomic E-state index is 0.243. The Hall–Kier alpha value is -3.30. The predicted molar refractivity (Wildman–Crippen MR) is 102 cm³/mol. The third-order valence-corrected chi connectivity index (χ3v) is 4.92. The molecule has 0 saturated carbocycles. The summed E-state index contributed by atoms with van der Waals surface area (Å²) in [5.74, 6) is 1.46. The topological polar surface area (TPSA) is 67.2 Å². The van der Waals surface area contributed by atoms with Crippen LogP contribution in [0.15, 0.2) is 54.0 Å². The van der Waals surface area contributed by atoms with Crippen LogP contribution in [0.25, 0.3) is 16.8 Å². The highest BCUT2D eigenvalue weighted by Gasteiger charge is 2.15. The van der Waals surface area contributed by atoms with Crippen LogP contribution in [-0.4, -0.2) is 11.8 Å². The van der Waals surface area contributed by atoms with Crippen molar-refractivity contribution < 1.29 is 9.47 Å². The number of rotatable bonds is 4. The van der Waals surface area contributed by atoms with Gasteiger partial charge in [0.25, 0.3) is 0 Å². The van der Waals surface area contributed by atoms with Crippen LogP contribution in [0.1, 0.15) is 10.6 Å². The summed E-state index contributed by atoms with van der Waals surface area (Å²) < 4.78 is 10.7. The second-order valence-corrected chi connectivity index (χ2v) is 6.59. The van der Waals surface area contributed by atoms with Gasteiger partial charge in [0.15, 0.2) is 11.5 Å². The zero-order chi connectivity index (χ0) is 17.9. The normalized spacial score (nSPS) is 12.7. The summed E-state index contributed by atoms with van der Waals surface area (Å²) in [7, 11) is 0. The third kappa shape index (κ3) is 3.13. The predicted octanol–water partition coefficient (Wildman–Crippen LogP) is 4.82. The second-order valence-electron chi connectivity index (χ2n) is 5.74. The van der Waals surface area contributed by atoms with Gasteiger partial charge >= 0.3 is 0 Å². The van der Waals surface area contributed by atoms with Crippen LogP contribution in [-0.2, 0) is 0 Å². The van der Waals surface area contributed by atoms with E-state index in [1.165, 1.54) is 11.3 Å². The Kier molecular flexibility index (Phi) is 4.30. The lowest BCUT2D eigenvalue weighted by atomic mass is 10.1. The van der Waals surface area contributed by atoms with Crippen LogP contribution < -0.4 is 14.8 Å². The summed E-state index contributed by atoms with van der Waals surface area (Å²) in [4.78, 5) is 4.60. The third-order valence-electron chi connectivity index (χ3n) is 4.04. The van der Waals surface area contributed by atoms with Crippen molar-refractivity contribution in [2.45, 2.75) is 6.92 Å². The first kappa shape index (κ1) is 16.2. The van der Waals surface area contributed by atoms with Gasteiger partial charge in [-0.1, -0.05) is 18.2 Å². The molecule has 0 fully saturated rings. The molecule has 1 aliphatic rings. The van der Waals surface area contributed by atoms with E-state index in [-0.39, 0.29) is 6.79 Å². The molecule has 0 spiro atoms. The summed E-state index contributed by atoms with van der Waals surface area (Å²) in [6.45, 7) is 2.26. The number of nitriles is 1. The number of anilines is 1. The van der Waals surface area contributed by atoms with E-state index in [0.717, 1.165) is 28.3 Å². The summed E-state index contributed by atoms with van der Waals surface area (Å²) in [6, 6.07) is 15.9. The number of benzene rings is 2. The van der Waals surface area contributed by atoms with E-state index in [4.69, 9.17) is 9.47 Å². The number of aryl methyl sites for hydroxylation is 1. The molecule has 1 N–H and O–H groups in total. The fraction of sp³-hybridized carbons (Fsp3) is 0.100. The van der Waals surface area contributed by atoms with Gasteiger partial charge in [0.1, 0.15) is 16.6 Å². The Labute approximate surface area is 155 Å². The molecule has 4 rings (SSSR count). The molecule has 1 aliphatic heterocycles. The molecule has 0 bridgehead atoms. The Bertz CT molecular complexity index is 1030. The van der Waals surface area contributed by atoms with Crippen molar-refractivity contribution in [3.8, 4) is 28.8 Å². The van der Waals surface area contributed by atoms with E-state index in [1.807, 2.05) is 54.8 Å². The van der Waals surface area contributed by atoms with Crippen molar-refractivity contribution in [2.75, 3.05) is 12.1 Å². The van der Waals surface area contributed by atoms with E-state index >= 15 is 0 Å². The van der Waals surface area contributed by atoms with E-state index in [9.17, 15) is 5.26 Å². The fourth-order valence-corrected chi connectivity index (χ4v) is 3.41. The standard InChI is InChI=1S/C20H15N3O2S/c1-13-4-2-3-5-16(13)22-10-15(9-21)20-23-17(11-26-20)14-6-7-18-19(8-14)25-12-24-18/h2-8,10-11,22H,12H2,1H3/b15-10+. The number of nitrogens with one attached hydrogen (secondary N) is 1. The second kappa shape index (κ2) is 6.90. The quantitative estimate of drug-likeness (QED) is 0.675. The van der Waals surface area contributed by atoms with Crippen LogP contribution >= 0.6 is 11.3 Å². The van der Waals surface area contributed by atoms with Crippen molar-refractivity contribution in [2.24, 2.45) is 0 Å². The first-order chi connectivity index (χ1) is 12.7. The summed E-state index contributed by atoms with van der Waals surface area (Å²) in [5.41, 5.74) is 4.31. The van der Waals surface area contributed by atoms with E-state index in [1.54, 1.807) is 6.20 Å². The van der Waals surface area contributed by atoms with Gasteiger partial charge in [0.05, 0.1) is 5.69 Å². The van der Waals surface area contributed by atoms with Crippen LogP contribution in [0, 0.1) is 18.3 Å². The average molecular weight is 361 g/mol. The minimum Gasteiger partial charge on any atom is -0.454 e. The number of thiazole rings is 1. The first-order valence-electron chi connectivity index (χ1n) is 8.03. The highest BCUT2D eigenvalue weighted by molar-refractivity contribution is 7.11. The molecular weight excluding hydrogens is 346 g/mol. The van der Waals surface area contributed by atoms with Gasteiger partial charge in [-0.05, 0) is 36.8 Å². The largest absolute Gasteiger partial charge is 0.454 e. The number of allylic oxidation sites excluding steroid dienone is 1. The van der Waals surface area contributed by atoms with Crippen LogP contribution in [0.3, 0.4) is 0 Å². The van der Waals surface area contributed by atoms with Gasteiger partial charge in [0.2, 0.25) is 6.79 Å². The first-order valence-corrected chi connectivity index (χ1v) is 8.91. The summed E-state index contributed by atoms with van der Waals surface area (Å²) >= 11 is 1.44. The molecule has 0 radical (unpaired) electrons. The Morgan fingerprint density at radius 1 is 1.23 bits per heavy atom. The number of ether oxygens (including phenoxy) is 2. The molecule has 5 nitrogen and oxygen atoms in total. The van der Waals surface area contributed by atoms with Crippen molar-refractivity contribution in [3.63, 3.8) is 0 Å². The van der Waals surface area contributed by atoms with Crippen molar-refractivity contribution in [1.82, 2.24) is 4.98 Å². The number of hydrogen-bond acceptors (Lipinski definition) is 6. The zero-order valence-corrected chi connectivity index (χ0v) is 14.8. The van der Waals surface area contributed by atoms with Crippen molar-refractivity contribution in [1.29, 1.82) is 5.26 Å².